The van der Waals surface area contributed by atoms with Crippen molar-refractivity contribution < 1.29 is 14.3 Å². The van der Waals surface area contributed by atoms with Crippen LogP contribution in [-0.4, -0.2) is 61.0 Å². The van der Waals surface area contributed by atoms with Gasteiger partial charge in [0.1, 0.15) is 0 Å². The lowest BCUT2D eigenvalue weighted by Gasteiger charge is -2.18. The maximum Gasteiger partial charge on any atom is 0.327 e. The molecule has 126 valence electrons. The minimum atomic E-state index is -0.467. The predicted molar refractivity (Wildman–Crippen MR) is 87.3 cm³/mol. The van der Waals surface area contributed by atoms with Gasteiger partial charge in [-0.3, -0.25) is 19.4 Å². The molecule has 0 spiro atoms. The van der Waals surface area contributed by atoms with E-state index in [4.69, 9.17) is 4.74 Å². The van der Waals surface area contributed by atoms with Gasteiger partial charge in [-0.2, -0.15) is 0 Å². The molecule has 0 aromatic carbocycles. The molecule has 0 aliphatic rings. The Morgan fingerprint density at radius 2 is 0.952 bits per heavy atom. The van der Waals surface area contributed by atoms with Crippen LogP contribution in [-0.2, 0) is 14.3 Å². The summed E-state index contributed by atoms with van der Waals surface area (Å²) in [4.78, 5) is 26.7. The van der Waals surface area contributed by atoms with Crippen molar-refractivity contribution in [2.45, 2.75) is 54.4 Å². The van der Waals surface area contributed by atoms with Gasteiger partial charge in [0.15, 0.2) is 0 Å². The first-order valence-electron chi connectivity index (χ1n) is 8.16. The van der Waals surface area contributed by atoms with Gasteiger partial charge < -0.3 is 4.74 Å². The quantitative estimate of drug-likeness (QED) is 0.484. The van der Waals surface area contributed by atoms with Gasteiger partial charge >= 0.3 is 11.9 Å². The molecule has 0 aliphatic heterocycles. The van der Waals surface area contributed by atoms with Crippen LogP contribution in [0.15, 0.2) is 0 Å². The molecule has 0 radical (unpaired) electrons. The average molecular weight is 302 g/mol. The van der Waals surface area contributed by atoms with Crippen molar-refractivity contribution in [2.24, 2.45) is 0 Å². The molecule has 0 aromatic heterocycles. The highest BCUT2D eigenvalue weighted by molar-refractivity contribution is 5.87. The predicted octanol–water partition coefficient (Wildman–Crippen LogP) is 2.55. The van der Waals surface area contributed by atoms with Gasteiger partial charge in [-0.05, 0) is 26.2 Å². The molecule has 21 heavy (non-hydrogen) atoms. The summed E-state index contributed by atoms with van der Waals surface area (Å²) in [7, 11) is 0. The largest absolute Gasteiger partial charge is 0.391 e. The van der Waals surface area contributed by atoms with Crippen LogP contribution in [0.25, 0.3) is 0 Å². The maximum absolute atomic E-state index is 11.4. The molecule has 0 amide bonds. The highest BCUT2D eigenvalue weighted by Gasteiger charge is 2.15. The summed E-state index contributed by atoms with van der Waals surface area (Å²) < 4.78 is 4.76. The lowest BCUT2D eigenvalue weighted by atomic mass is 10.4. The summed E-state index contributed by atoms with van der Waals surface area (Å²) >= 11 is 0. The number of carbonyl (C=O) groups excluding carboxylic acids is 2. The van der Waals surface area contributed by atoms with Crippen LogP contribution in [0.5, 0.6) is 0 Å². The van der Waals surface area contributed by atoms with Gasteiger partial charge in [0, 0.05) is 0 Å². The monoisotopic (exact) mass is 302 g/mol. The Bertz CT molecular complexity index is 236. The van der Waals surface area contributed by atoms with Crippen molar-refractivity contribution in [1.82, 2.24) is 9.80 Å². The molecule has 0 rings (SSSR count). The van der Waals surface area contributed by atoms with Gasteiger partial charge in [0.05, 0.1) is 13.1 Å². The Balaban J connectivity index is 0. The standard InChI is InChI=1S/C12H24N2O3.C4H10/c1-5-13(6-2)9-11(15)17-12(16)10-14(7-3)8-4;1-3-4-2/h5-10H2,1-4H3;3-4H2,1-2H3. The Kier molecular flexibility index (Phi) is 16.4. The summed E-state index contributed by atoms with van der Waals surface area (Å²) in [5, 5.41) is 0. The molecule has 0 heterocycles. The number of hydrogen-bond donors (Lipinski definition) is 0. The molecule has 5 nitrogen and oxygen atoms in total. The van der Waals surface area contributed by atoms with E-state index in [0.717, 1.165) is 26.2 Å². The van der Waals surface area contributed by atoms with E-state index in [-0.39, 0.29) is 13.1 Å². The molecule has 0 aliphatic carbocycles. The Hall–Kier alpha value is -0.940. The average Bonchev–Trinajstić information content (AvgIpc) is 2.50. The van der Waals surface area contributed by atoms with Crippen LogP contribution in [0.4, 0.5) is 0 Å². The van der Waals surface area contributed by atoms with Crippen molar-refractivity contribution in [3.05, 3.63) is 0 Å². The normalized spacial score (nSPS) is 10.3. The van der Waals surface area contributed by atoms with E-state index >= 15 is 0 Å². The summed E-state index contributed by atoms with van der Waals surface area (Å²) in [5.41, 5.74) is 0. The number of rotatable bonds is 9. The first-order chi connectivity index (χ1) is 9.98. The molecule has 0 N–H and O–H groups in total. The fraction of sp³-hybridized carbons (Fsp3) is 0.875. The van der Waals surface area contributed by atoms with E-state index in [0.29, 0.717) is 0 Å². The molecule has 0 saturated heterocycles. The molecule has 0 fully saturated rings. The number of hydrogen-bond acceptors (Lipinski definition) is 5. The zero-order chi connectivity index (χ0) is 16.7. The summed E-state index contributed by atoms with van der Waals surface area (Å²) in [6.07, 6.45) is 2.64. The van der Waals surface area contributed by atoms with Gasteiger partial charge in [-0.25, -0.2) is 0 Å². The fourth-order valence-corrected chi connectivity index (χ4v) is 1.45. The number of carbonyl (C=O) groups is 2. The zero-order valence-electron chi connectivity index (χ0n) is 14.8. The van der Waals surface area contributed by atoms with E-state index in [1.165, 1.54) is 12.8 Å². The second-order valence-electron chi connectivity index (χ2n) is 4.77. The van der Waals surface area contributed by atoms with Crippen molar-refractivity contribution in [1.29, 1.82) is 0 Å². The molecule has 0 unspecified atom stereocenters. The van der Waals surface area contributed by atoms with Gasteiger partial charge in [-0.15, -0.1) is 0 Å². The number of likely N-dealkylation sites (N-methyl/N-ethyl adjacent to an activating group) is 2. The highest BCUT2D eigenvalue weighted by Crippen LogP contribution is 1.93. The Labute approximate surface area is 130 Å². The molecule has 0 aromatic rings. The minimum absolute atomic E-state index is 0.178. The molecular weight excluding hydrogens is 268 g/mol. The number of nitrogens with zero attached hydrogens (tertiary/aromatic N) is 2. The van der Waals surface area contributed by atoms with E-state index in [2.05, 4.69) is 13.8 Å². The van der Waals surface area contributed by atoms with Crippen LogP contribution in [0, 0.1) is 0 Å². The van der Waals surface area contributed by atoms with Gasteiger partial charge in [0.25, 0.3) is 0 Å². The van der Waals surface area contributed by atoms with Crippen molar-refractivity contribution in [2.75, 3.05) is 39.3 Å². The molecular formula is C16H34N2O3. The topological polar surface area (TPSA) is 49.9 Å². The van der Waals surface area contributed by atoms with Crippen LogP contribution >= 0.6 is 0 Å². The highest BCUT2D eigenvalue weighted by atomic mass is 16.6. The SMILES string of the molecule is CCCC.CCN(CC)CC(=O)OC(=O)CN(CC)CC. The smallest absolute Gasteiger partial charge is 0.327 e. The first kappa shape index (κ1) is 22.3. The van der Waals surface area contributed by atoms with E-state index in [9.17, 15) is 9.59 Å². The third kappa shape index (κ3) is 13.8. The van der Waals surface area contributed by atoms with Crippen molar-refractivity contribution in [3.8, 4) is 0 Å². The van der Waals surface area contributed by atoms with Crippen LogP contribution < -0.4 is 0 Å². The van der Waals surface area contributed by atoms with E-state index in [1.54, 1.807) is 0 Å². The first-order valence-corrected chi connectivity index (χ1v) is 8.16. The second-order valence-corrected chi connectivity index (χ2v) is 4.77. The lowest BCUT2D eigenvalue weighted by Crippen LogP contribution is -2.35. The molecule has 0 atom stereocenters. The van der Waals surface area contributed by atoms with E-state index in [1.807, 2.05) is 37.5 Å². The van der Waals surface area contributed by atoms with Crippen molar-refractivity contribution in [3.63, 3.8) is 0 Å². The van der Waals surface area contributed by atoms with E-state index < -0.39 is 11.9 Å². The van der Waals surface area contributed by atoms with Crippen molar-refractivity contribution >= 4 is 11.9 Å². The number of unbranched alkanes of at least 4 members (excludes halogenated alkanes) is 1. The summed E-state index contributed by atoms with van der Waals surface area (Å²) in [6.45, 7) is 15.7. The summed E-state index contributed by atoms with van der Waals surface area (Å²) in [6, 6.07) is 0. The van der Waals surface area contributed by atoms with Crippen LogP contribution in [0.3, 0.4) is 0 Å². The molecule has 0 bridgehead atoms. The number of ether oxygens (including phenoxy) is 1. The zero-order valence-corrected chi connectivity index (χ0v) is 14.8. The number of esters is 2. The van der Waals surface area contributed by atoms with Gasteiger partial charge in [-0.1, -0.05) is 54.4 Å². The summed E-state index contributed by atoms with van der Waals surface area (Å²) in [5.74, 6) is -0.934. The van der Waals surface area contributed by atoms with Gasteiger partial charge in [0.2, 0.25) is 0 Å². The third-order valence-corrected chi connectivity index (χ3v) is 3.22. The lowest BCUT2D eigenvalue weighted by molar-refractivity contribution is -0.161. The van der Waals surface area contributed by atoms with Crippen LogP contribution in [0.2, 0.25) is 0 Å². The molecule has 5 heteroatoms. The Morgan fingerprint density at radius 1 is 0.667 bits per heavy atom. The minimum Gasteiger partial charge on any atom is -0.391 e. The maximum atomic E-state index is 11.4. The van der Waals surface area contributed by atoms with Crippen LogP contribution in [0.1, 0.15) is 54.4 Å². The third-order valence-electron chi connectivity index (χ3n) is 3.22. The second kappa shape index (κ2) is 15.4. The fourth-order valence-electron chi connectivity index (χ4n) is 1.45. The molecule has 0 saturated carbocycles. The Morgan fingerprint density at radius 3 is 1.14 bits per heavy atom.